The van der Waals surface area contributed by atoms with Crippen molar-refractivity contribution < 1.29 is 37.3 Å². The summed E-state index contributed by atoms with van der Waals surface area (Å²) in [6.07, 6.45) is -2.42. The summed E-state index contributed by atoms with van der Waals surface area (Å²) >= 11 is 1.29. The van der Waals surface area contributed by atoms with Crippen molar-refractivity contribution in [2.45, 2.75) is 32.5 Å². The SMILES string of the molecule is COc1ccc(-c2cc3c(Nc4ccc(N5CCN(C(=O)OC(C)(C)C)CC5)c(C(F)(F)F)c4)c(C(=O)O)cnc3s2)cn1. The van der Waals surface area contributed by atoms with Crippen LogP contribution >= 0.6 is 11.3 Å². The van der Waals surface area contributed by atoms with Crippen LogP contribution in [0.25, 0.3) is 20.7 Å². The van der Waals surface area contributed by atoms with Gasteiger partial charge in [-0.05, 0) is 51.1 Å². The molecular formula is C30H30F3N5O5S. The molecule has 232 valence electrons. The second-order valence-electron chi connectivity index (χ2n) is 11.1. The van der Waals surface area contributed by atoms with Crippen molar-refractivity contribution in [3.8, 4) is 16.3 Å². The average molecular weight is 630 g/mol. The number of thiophene rings is 1. The smallest absolute Gasteiger partial charge is 0.418 e. The fourth-order valence-electron chi connectivity index (χ4n) is 4.79. The number of nitrogens with zero attached hydrogens (tertiary/aromatic N) is 4. The maximum Gasteiger partial charge on any atom is 0.418 e. The minimum absolute atomic E-state index is 0.0324. The van der Waals surface area contributed by atoms with E-state index in [0.717, 1.165) is 16.5 Å². The Labute approximate surface area is 255 Å². The quantitative estimate of drug-likeness (QED) is 0.235. The number of methoxy groups -OCH3 is 1. The second kappa shape index (κ2) is 11.8. The Morgan fingerprint density at radius 1 is 1.00 bits per heavy atom. The molecule has 0 unspecified atom stereocenters. The normalized spacial score (nSPS) is 14.1. The summed E-state index contributed by atoms with van der Waals surface area (Å²) in [5, 5.41) is 13.3. The fraction of sp³-hybridized carbons (Fsp3) is 0.333. The lowest BCUT2D eigenvalue weighted by Crippen LogP contribution is -2.50. The van der Waals surface area contributed by atoms with E-state index >= 15 is 0 Å². The lowest BCUT2D eigenvalue weighted by molar-refractivity contribution is -0.137. The third kappa shape index (κ3) is 6.64. The molecule has 2 N–H and O–H groups in total. The van der Waals surface area contributed by atoms with E-state index in [1.54, 1.807) is 50.1 Å². The van der Waals surface area contributed by atoms with Crippen LogP contribution in [0.3, 0.4) is 0 Å². The van der Waals surface area contributed by atoms with Crippen molar-refractivity contribution >= 4 is 50.7 Å². The van der Waals surface area contributed by atoms with Gasteiger partial charge in [-0.2, -0.15) is 13.2 Å². The summed E-state index contributed by atoms with van der Waals surface area (Å²) in [7, 11) is 1.50. The highest BCUT2D eigenvalue weighted by Crippen LogP contribution is 2.42. The number of fused-ring (bicyclic) bond motifs is 1. The summed E-state index contributed by atoms with van der Waals surface area (Å²) in [5.74, 6) is -0.853. The van der Waals surface area contributed by atoms with Crippen LogP contribution in [0, 0.1) is 0 Å². The highest BCUT2D eigenvalue weighted by atomic mass is 32.1. The predicted molar refractivity (Wildman–Crippen MR) is 161 cm³/mol. The fourth-order valence-corrected chi connectivity index (χ4v) is 5.79. The van der Waals surface area contributed by atoms with Gasteiger partial charge >= 0.3 is 18.2 Å². The average Bonchev–Trinajstić information content (AvgIpc) is 3.41. The number of nitrogens with one attached hydrogen (secondary N) is 1. The Morgan fingerprint density at radius 2 is 1.73 bits per heavy atom. The number of pyridine rings is 2. The summed E-state index contributed by atoms with van der Waals surface area (Å²) in [5.41, 5.74) is -0.863. The van der Waals surface area contributed by atoms with Crippen LogP contribution in [0.4, 0.5) is 35.0 Å². The highest BCUT2D eigenvalue weighted by Gasteiger charge is 2.37. The number of carbonyl (C=O) groups is 2. The van der Waals surface area contributed by atoms with Gasteiger partial charge in [0.1, 0.15) is 16.0 Å². The molecule has 0 atom stereocenters. The number of anilines is 3. The van der Waals surface area contributed by atoms with Gasteiger partial charge in [0.15, 0.2) is 0 Å². The number of aromatic carboxylic acids is 1. The third-order valence-electron chi connectivity index (χ3n) is 6.87. The zero-order valence-electron chi connectivity index (χ0n) is 24.4. The first-order chi connectivity index (χ1) is 20.7. The van der Waals surface area contributed by atoms with Gasteiger partial charge < -0.3 is 29.7 Å². The van der Waals surface area contributed by atoms with E-state index in [4.69, 9.17) is 9.47 Å². The third-order valence-corrected chi connectivity index (χ3v) is 7.96. The number of hydrogen-bond donors (Lipinski definition) is 2. The number of carboxylic acid groups (broad SMARTS) is 1. The molecule has 3 aromatic heterocycles. The molecule has 44 heavy (non-hydrogen) atoms. The van der Waals surface area contributed by atoms with Crippen molar-refractivity contribution in [2.24, 2.45) is 0 Å². The molecule has 10 nitrogen and oxygen atoms in total. The molecule has 1 fully saturated rings. The van der Waals surface area contributed by atoms with E-state index in [-0.39, 0.29) is 48.8 Å². The number of amides is 1. The maximum atomic E-state index is 14.4. The van der Waals surface area contributed by atoms with Crippen LogP contribution in [0.5, 0.6) is 5.88 Å². The van der Waals surface area contributed by atoms with Gasteiger partial charge in [0, 0.05) is 71.8 Å². The summed E-state index contributed by atoms with van der Waals surface area (Å²) in [4.78, 5) is 37.3. The van der Waals surface area contributed by atoms with Gasteiger partial charge in [-0.15, -0.1) is 11.3 Å². The first-order valence-corrected chi connectivity index (χ1v) is 14.4. The first-order valence-electron chi connectivity index (χ1n) is 13.6. The van der Waals surface area contributed by atoms with Gasteiger partial charge in [-0.1, -0.05) is 0 Å². The van der Waals surface area contributed by atoms with Crippen LogP contribution in [0.2, 0.25) is 0 Å². The van der Waals surface area contributed by atoms with Gasteiger partial charge in [0.25, 0.3) is 0 Å². The van der Waals surface area contributed by atoms with Crippen molar-refractivity contribution in [1.29, 1.82) is 0 Å². The van der Waals surface area contributed by atoms with Crippen LogP contribution in [-0.2, 0) is 10.9 Å². The number of alkyl halides is 3. The molecule has 1 aliphatic heterocycles. The Morgan fingerprint density at radius 3 is 2.32 bits per heavy atom. The van der Waals surface area contributed by atoms with Gasteiger partial charge in [-0.3, -0.25) is 0 Å². The number of benzene rings is 1. The maximum absolute atomic E-state index is 14.4. The standard InChI is InChI=1S/C30H30F3N5O5S/c1-29(2,3)43-28(41)38-11-9-37(10-12-38)22-7-6-18(13-21(22)30(31,32)33)36-25-19-14-23(17-5-8-24(42-4)34-15-17)44-26(19)35-16-20(25)27(39)40/h5-8,13-16H,9-12H2,1-4H3,(H,35,36)(H,39,40). The molecule has 4 heterocycles. The summed E-state index contributed by atoms with van der Waals surface area (Å²) in [6.45, 7) is 6.01. The minimum Gasteiger partial charge on any atom is -0.481 e. The number of carbonyl (C=O) groups excluding carboxylic acids is 1. The number of aromatic nitrogens is 2. The van der Waals surface area contributed by atoms with Crippen LogP contribution < -0.4 is 15.0 Å². The molecule has 1 saturated heterocycles. The summed E-state index contributed by atoms with van der Waals surface area (Å²) in [6, 6.07) is 9.01. The van der Waals surface area contributed by atoms with Gasteiger partial charge in [0.2, 0.25) is 5.88 Å². The molecule has 1 amide bonds. The van der Waals surface area contributed by atoms with Crippen LogP contribution in [0.1, 0.15) is 36.7 Å². The van der Waals surface area contributed by atoms with E-state index < -0.39 is 29.4 Å². The molecule has 0 saturated carbocycles. The van der Waals surface area contributed by atoms with Crippen molar-refractivity contribution in [1.82, 2.24) is 14.9 Å². The molecule has 0 aliphatic carbocycles. The lowest BCUT2D eigenvalue weighted by Gasteiger charge is -2.37. The molecule has 1 aromatic carbocycles. The lowest BCUT2D eigenvalue weighted by atomic mass is 10.1. The van der Waals surface area contributed by atoms with Crippen LogP contribution in [-0.4, -0.2) is 70.9 Å². The number of rotatable bonds is 6. The van der Waals surface area contributed by atoms with Crippen molar-refractivity contribution in [3.63, 3.8) is 0 Å². The topological polar surface area (TPSA) is 117 Å². The number of piperazine rings is 1. The van der Waals surface area contributed by atoms with E-state index in [0.29, 0.717) is 16.1 Å². The van der Waals surface area contributed by atoms with Crippen LogP contribution in [0.15, 0.2) is 48.8 Å². The summed E-state index contributed by atoms with van der Waals surface area (Å²) < 4.78 is 53.6. The molecule has 5 rings (SSSR count). The number of halogens is 3. The molecule has 14 heteroatoms. The Balaban J connectivity index is 1.45. The van der Waals surface area contributed by atoms with Crippen molar-refractivity contribution in [3.05, 3.63) is 59.9 Å². The zero-order valence-corrected chi connectivity index (χ0v) is 25.2. The van der Waals surface area contributed by atoms with E-state index in [1.807, 2.05) is 0 Å². The van der Waals surface area contributed by atoms with Gasteiger partial charge in [0.05, 0.1) is 18.4 Å². The number of carboxylic acids is 1. The Kier molecular flexibility index (Phi) is 8.30. The van der Waals surface area contributed by atoms with E-state index in [2.05, 4.69) is 15.3 Å². The molecule has 4 aromatic rings. The van der Waals surface area contributed by atoms with E-state index in [1.165, 1.54) is 41.7 Å². The number of hydrogen-bond acceptors (Lipinski definition) is 9. The second-order valence-corrected chi connectivity index (χ2v) is 12.1. The first kappa shape index (κ1) is 30.9. The van der Waals surface area contributed by atoms with Crippen molar-refractivity contribution in [2.75, 3.05) is 43.5 Å². The van der Waals surface area contributed by atoms with Gasteiger partial charge in [-0.25, -0.2) is 19.6 Å². The Bertz CT molecular complexity index is 1690. The predicted octanol–water partition coefficient (Wildman–Crippen LogP) is 6.88. The number of ether oxygens (including phenoxy) is 2. The molecule has 1 aliphatic rings. The molecule has 0 radical (unpaired) electrons. The molecule has 0 bridgehead atoms. The zero-order chi connectivity index (χ0) is 31.8. The molecule has 0 spiro atoms. The largest absolute Gasteiger partial charge is 0.481 e. The Hall–Kier alpha value is -4.59. The van der Waals surface area contributed by atoms with E-state index in [9.17, 15) is 27.9 Å². The molecular weight excluding hydrogens is 599 g/mol. The highest BCUT2D eigenvalue weighted by molar-refractivity contribution is 7.22. The minimum atomic E-state index is -4.70. The monoisotopic (exact) mass is 629 g/mol.